The molecule has 1 N–H and O–H groups in total. The van der Waals surface area contributed by atoms with Crippen LogP contribution in [0.2, 0.25) is 0 Å². The SMILES string of the molecule is CCCCOCCCNC1CC(c2ccccc2Br)C1. The number of hydrogen-bond acceptors (Lipinski definition) is 2. The topological polar surface area (TPSA) is 21.3 Å². The standard InChI is InChI=1S/C17H26BrNO/c1-2-3-10-20-11-6-9-19-15-12-14(13-15)16-7-4-5-8-17(16)18/h4-5,7-8,14-15,19H,2-3,6,9-13H2,1H3. The second-order valence-corrected chi connectivity index (χ2v) is 6.51. The minimum Gasteiger partial charge on any atom is -0.381 e. The highest BCUT2D eigenvalue weighted by Gasteiger charge is 2.30. The highest BCUT2D eigenvalue weighted by atomic mass is 79.9. The van der Waals surface area contributed by atoms with Crippen molar-refractivity contribution in [1.82, 2.24) is 5.32 Å². The Balaban J connectivity index is 1.53. The number of unbranched alkanes of at least 4 members (excludes halogenated alkanes) is 1. The van der Waals surface area contributed by atoms with Crippen molar-refractivity contribution in [2.75, 3.05) is 19.8 Å². The molecule has 0 atom stereocenters. The molecule has 1 saturated carbocycles. The molecule has 1 fully saturated rings. The van der Waals surface area contributed by atoms with E-state index in [1.165, 1.54) is 35.7 Å². The maximum atomic E-state index is 5.57. The Kier molecular flexibility index (Phi) is 7.05. The summed E-state index contributed by atoms with van der Waals surface area (Å²) in [6.07, 6.45) is 6.05. The van der Waals surface area contributed by atoms with Crippen LogP contribution >= 0.6 is 15.9 Å². The molecule has 0 saturated heterocycles. The summed E-state index contributed by atoms with van der Waals surface area (Å²) in [5.41, 5.74) is 1.47. The predicted molar refractivity (Wildman–Crippen MR) is 88.3 cm³/mol. The number of halogens is 1. The maximum absolute atomic E-state index is 5.57. The minimum absolute atomic E-state index is 0.697. The van der Waals surface area contributed by atoms with E-state index in [0.29, 0.717) is 6.04 Å². The van der Waals surface area contributed by atoms with Gasteiger partial charge in [-0.3, -0.25) is 0 Å². The lowest BCUT2D eigenvalue weighted by molar-refractivity contribution is 0.127. The molecule has 0 spiro atoms. The molecule has 0 aliphatic heterocycles. The maximum Gasteiger partial charge on any atom is 0.0478 e. The van der Waals surface area contributed by atoms with Crippen LogP contribution in [-0.2, 0) is 4.74 Å². The summed E-state index contributed by atoms with van der Waals surface area (Å²) in [6, 6.07) is 9.30. The number of nitrogens with one attached hydrogen (secondary N) is 1. The molecular weight excluding hydrogens is 314 g/mol. The smallest absolute Gasteiger partial charge is 0.0478 e. The van der Waals surface area contributed by atoms with Crippen LogP contribution < -0.4 is 5.32 Å². The molecule has 112 valence electrons. The van der Waals surface area contributed by atoms with Gasteiger partial charge in [0.2, 0.25) is 0 Å². The van der Waals surface area contributed by atoms with E-state index in [9.17, 15) is 0 Å². The third-order valence-electron chi connectivity index (χ3n) is 4.02. The highest BCUT2D eigenvalue weighted by molar-refractivity contribution is 9.10. The first-order chi connectivity index (χ1) is 9.81. The molecule has 2 nitrogen and oxygen atoms in total. The summed E-state index contributed by atoms with van der Waals surface area (Å²) in [5.74, 6) is 0.726. The van der Waals surface area contributed by atoms with E-state index in [0.717, 1.165) is 32.1 Å². The Bertz CT molecular complexity index is 390. The monoisotopic (exact) mass is 339 g/mol. The molecule has 0 unspecified atom stereocenters. The van der Waals surface area contributed by atoms with Crippen LogP contribution in [0.25, 0.3) is 0 Å². The number of rotatable bonds is 9. The molecule has 1 aliphatic rings. The van der Waals surface area contributed by atoms with E-state index in [2.05, 4.69) is 52.4 Å². The molecule has 0 radical (unpaired) electrons. The van der Waals surface area contributed by atoms with Gasteiger partial charge in [0.1, 0.15) is 0 Å². The quantitative estimate of drug-likeness (QED) is 0.669. The summed E-state index contributed by atoms with van der Waals surface area (Å²) in [7, 11) is 0. The van der Waals surface area contributed by atoms with Crippen molar-refractivity contribution in [2.45, 2.75) is 51.0 Å². The molecule has 1 aliphatic carbocycles. The van der Waals surface area contributed by atoms with Crippen LogP contribution in [0.3, 0.4) is 0 Å². The first-order valence-corrected chi connectivity index (χ1v) is 8.66. The molecule has 0 bridgehead atoms. The van der Waals surface area contributed by atoms with E-state index in [1.54, 1.807) is 0 Å². The first kappa shape index (κ1) is 16.0. The zero-order chi connectivity index (χ0) is 14.2. The molecule has 0 aromatic heterocycles. The minimum atomic E-state index is 0.697. The molecule has 1 aromatic carbocycles. The van der Waals surface area contributed by atoms with Crippen molar-refractivity contribution in [3.8, 4) is 0 Å². The predicted octanol–water partition coefficient (Wildman–Crippen LogP) is 4.49. The van der Waals surface area contributed by atoms with Crippen molar-refractivity contribution in [3.05, 3.63) is 34.3 Å². The first-order valence-electron chi connectivity index (χ1n) is 7.86. The zero-order valence-corrected chi connectivity index (χ0v) is 14.0. The van der Waals surface area contributed by atoms with E-state index in [4.69, 9.17) is 4.74 Å². The highest BCUT2D eigenvalue weighted by Crippen LogP contribution is 2.39. The normalized spacial score (nSPS) is 21.7. The van der Waals surface area contributed by atoms with Crippen LogP contribution in [0.5, 0.6) is 0 Å². The lowest BCUT2D eigenvalue weighted by atomic mass is 9.76. The van der Waals surface area contributed by atoms with Gasteiger partial charge in [0.15, 0.2) is 0 Å². The summed E-state index contributed by atoms with van der Waals surface area (Å²) in [6.45, 7) is 5.10. The Morgan fingerprint density at radius 3 is 2.70 bits per heavy atom. The fraction of sp³-hybridized carbons (Fsp3) is 0.647. The summed E-state index contributed by atoms with van der Waals surface area (Å²) in [4.78, 5) is 0. The van der Waals surface area contributed by atoms with Crippen molar-refractivity contribution in [1.29, 1.82) is 0 Å². The lowest BCUT2D eigenvalue weighted by Crippen LogP contribution is -2.40. The number of benzene rings is 1. The van der Waals surface area contributed by atoms with Gasteiger partial charge in [-0.1, -0.05) is 47.5 Å². The van der Waals surface area contributed by atoms with Crippen molar-refractivity contribution in [3.63, 3.8) is 0 Å². The number of ether oxygens (including phenoxy) is 1. The Morgan fingerprint density at radius 2 is 1.95 bits per heavy atom. The van der Waals surface area contributed by atoms with Crippen LogP contribution in [0.1, 0.15) is 50.5 Å². The Morgan fingerprint density at radius 1 is 1.20 bits per heavy atom. The van der Waals surface area contributed by atoms with Gasteiger partial charge in [-0.05, 0) is 49.8 Å². The third kappa shape index (κ3) is 4.87. The lowest BCUT2D eigenvalue weighted by Gasteiger charge is -2.37. The fourth-order valence-corrected chi connectivity index (χ4v) is 3.28. The van der Waals surface area contributed by atoms with Gasteiger partial charge in [-0.2, -0.15) is 0 Å². The Labute approximate surface area is 131 Å². The van der Waals surface area contributed by atoms with E-state index >= 15 is 0 Å². The second-order valence-electron chi connectivity index (χ2n) is 5.66. The average molecular weight is 340 g/mol. The van der Waals surface area contributed by atoms with Crippen LogP contribution in [-0.4, -0.2) is 25.8 Å². The Hall–Kier alpha value is -0.380. The average Bonchev–Trinajstić information content (AvgIpc) is 2.41. The van der Waals surface area contributed by atoms with Gasteiger partial charge in [0.25, 0.3) is 0 Å². The zero-order valence-electron chi connectivity index (χ0n) is 12.4. The molecule has 2 rings (SSSR count). The molecular formula is C17H26BrNO. The van der Waals surface area contributed by atoms with Crippen molar-refractivity contribution < 1.29 is 4.74 Å². The van der Waals surface area contributed by atoms with Gasteiger partial charge >= 0.3 is 0 Å². The van der Waals surface area contributed by atoms with Gasteiger partial charge < -0.3 is 10.1 Å². The van der Waals surface area contributed by atoms with Crippen molar-refractivity contribution >= 4 is 15.9 Å². The number of hydrogen-bond donors (Lipinski definition) is 1. The van der Waals surface area contributed by atoms with E-state index in [-0.39, 0.29) is 0 Å². The van der Waals surface area contributed by atoms with Gasteiger partial charge in [-0.25, -0.2) is 0 Å². The second kappa shape index (κ2) is 8.81. The van der Waals surface area contributed by atoms with E-state index in [1.807, 2.05) is 0 Å². The fourth-order valence-electron chi connectivity index (χ4n) is 2.67. The summed E-state index contributed by atoms with van der Waals surface area (Å²) >= 11 is 3.65. The molecule has 3 heteroatoms. The molecule has 0 heterocycles. The van der Waals surface area contributed by atoms with Crippen LogP contribution in [0.15, 0.2) is 28.7 Å². The van der Waals surface area contributed by atoms with Gasteiger partial charge in [-0.15, -0.1) is 0 Å². The van der Waals surface area contributed by atoms with E-state index < -0.39 is 0 Å². The van der Waals surface area contributed by atoms with Gasteiger partial charge in [0, 0.05) is 23.7 Å². The summed E-state index contributed by atoms with van der Waals surface area (Å²) < 4.78 is 6.82. The third-order valence-corrected chi connectivity index (χ3v) is 4.75. The largest absolute Gasteiger partial charge is 0.381 e. The molecule has 0 amide bonds. The molecule has 1 aromatic rings. The van der Waals surface area contributed by atoms with Crippen molar-refractivity contribution in [2.24, 2.45) is 0 Å². The molecule has 20 heavy (non-hydrogen) atoms. The van der Waals surface area contributed by atoms with Gasteiger partial charge in [0.05, 0.1) is 0 Å². The summed E-state index contributed by atoms with van der Waals surface area (Å²) in [5, 5.41) is 3.63. The van der Waals surface area contributed by atoms with Crippen LogP contribution in [0.4, 0.5) is 0 Å². The van der Waals surface area contributed by atoms with Crippen LogP contribution in [0, 0.1) is 0 Å².